The predicted octanol–water partition coefficient (Wildman–Crippen LogP) is 2.40. The molecule has 0 bridgehead atoms. The molecule has 0 aliphatic rings. The Morgan fingerprint density at radius 2 is 1.75 bits per heavy atom. The van der Waals surface area contributed by atoms with E-state index >= 15 is 0 Å². The van der Waals surface area contributed by atoms with Crippen LogP contribution < -0.4 is 14.4 Å². The van der Waals surface area contributed by atoms with Gasteiger partial charge in [0.15, 0.2) is 0 Å². The van der Waals surface area contributed by atoms with Crippen LogP contribution in [0, 0.1) is 0 Å². The van der Waals surface area contributed by atoms with E-state index in [0.29, 0.717) is 24.4 Å². The number of ether oxygens (including phenoxy) is 1. The van der Waals surface area contributed by atoms with E-state index in [1.807, 2.05) is 13.0 Å². The highest BCUT2D eigenvalue weighted by molar-refractivity contribution is 7.92. The average molecular weight is 462 g/mol. The first-order valence-electron chi connectivity index (χ1n) is 10.4. The molecular formula is C23H31N3O5S. The zero-order chi connectivity index (χ0) is 23.7. The quantitative estimate of drug-likeness (QED) is 0.554. The largest absolute Gasteiger partial charge is 0.497 e. The summed E-state index contributed by atoms with van der Waals surface area (Å²) < 4.78 is 31.3. The van der Waals surface area contributed by atoms with Gasteiger partial charge in [-0.3, -0.25) is 13.9 Å². The Hall–Kier alpha value is -3.07. The maximum atomic E-state index is 13.5. The molecule has 0 unspecified atom stereocenters. The van der Waals surface area contributed by atoms with Crippen LogP contribution in [0.25, 0.3) is 0 Å². The number of nitrogens with one attached hydrogen (secondary N) is 1. The zero-order valence-corrected chi connectivity index (χ0v) is 19.8. The number of rotatable bonds is 11. The summed E-state index contributed by atoms with van der Waals surface area (Å²) in [6.45, 7) is 3.77. The molecule has 2 amide bonds. The molecule has 0 radical (unpaired) electrons. The van der Waals surface area contributed by atoms with Gasteiger partial charge in [-0.05, 0) is 43.2 Å². The molecule has 2 aromatic rings. The van der Waals surface area contributed by atoms with Crippen molar-refractivity contribution in [2.24, 2.45) is 0 Å². The maximum absolute atomic E-state index is 13.5. The minimum atomic E-state index is -3.73. The van der Waals surface area contributed by atoms with Crippen molar-refractivity contribution >= 4 is 27.5 Å². The standard InChI is InChI=1S/C23H31N3O5S/c1-5-21(23(28)24-6-2)25(16-18-11-10-14-20(15-18)31-3)22(27)17-26(32(4,29)30)19-12-8-7-9-13-19/h7-15,21H,5-6,16-17H2,1-4H3,(H,24,28)/t21-/m0/s1. The summed E-state index contributed by atoms with van der Waals surface area (Å²) in [7, 11) is -2.18. The van der Waals surface area contributed by atoms with Gasteiger partial charge in [0, 0.05) is 13.1 Å². The van der Waals surface area contributed by atoms with Crippen LogP contribution >= 0.6 is 0 Å². The lowest BCUT2D eigenvalue weighted by Crippen LogP contribution is -2.52. The third-order valence-corrected chi connectivity index (χ3v) is 6.09. The lowest BCUT2D eigenvalue weighted by molar-refractivity contribution is -0.140. The molecule has 0 aliphatic carbocycles. The highest BCUT2D eigenvalue weighted by atomic mass is 32.2. The molecule has 0 aliphatic heterocycles. The zero-order valence-electron chi connectivity index (χ0n) is 18.9. The normalized spacial score (nSPS) is 12.0. The Labute approximate surface area is 190 Å². The minimum absolute atomic E-state index is 0.137. The second-order valence-corrected chi connectivity index (χ2v) is 9.20. The second kappa shape index (κ2) is 11.5. The SMILES string of the molecule is CCNC(=O)[C@H](CC)N(Cc1cccc(OC)c1)C(=O)CN(c1ccccc1)S(C)(=O)=O. The first-order chi connectivity index (χ1) is 15.2. The van der Waals surface area contributed by atoms with Crippen LogP contribution in [-0.2, 0) is 26.2 Å². The number of carbonyl (C=O) groups is 2. The molecule has 8 nitrogen and oxygen atoms in total. The predicted molar refractivity (Wildman–Crippen MR) is 125 cm³/mol. The average Bonchev–Trinajstić information content (AvgIpc) is 2.77. The third kappa shape index (κ3) is 6.71. The number of amides is 2. The molecule has 0 saturated heterocycles. The summed E-state index contributed by atoms with van der Waals surface area (Å²) in [6, 6.07) is 14.9. The molecule has 0 fully saturated rings. The van der Waals surface area contributed by atoms with Gasteiger partial charge in [-0.2, -0.15) is 0 Å². The van der Waals surface area contributed by atoms with Crippen LogP contribution in [0.2, 0.25) is 0 Å². The van der Waals surface area contributed by atoms with Crippen molar-refractivity contribution in [2.45, 2.75) is 32.9 Å². The molecule has 1 N–H and O–H groups in total. The number of anilines is 1. The van der Waals surface area contributed by atoms with Gasteiger partial charge in [-0.15, -0.1) is 0 Å². The lowest BCUT2D eigenvalue weighted by atomic mass is 10.1. The van der Waals surface area contributed by atoms with Gasteiger partial charge in [0.25, 0.3) is 0 Å². The highest BCUT2D eigenvalue weighted by Gasteiger charge is 2.31. The lowest BCUT2D eigenvalue weighted by Gasteiger charge is -2.32. The van der Waals surface area contributed by atoms with Crippen molar-refractivity contribution in [3.8, 4) is 5.75 Å². The smallest absolute Gasteiger partial charge is 0.244 e. The van der Waals surface area contributed by atoms with E-state index in [1.165, 1.54) is 4.90 Å². The number of hydrogen-bond donors (Lipinski definition) is 1. The molecule has 9 heteroatoms. The van der Waals surface area contributed by atoms with Gasteiger partial charge in [-0.25, -0.2) is 8.42 Å². The Bertz CT molecular complexity index is 1010. The van der Waals surface area contributed by atoms with Gasteiger partial charge >= 0.3 is 0 Å². The van der Waals surface area contributed by atoms with Crippen LogP contribution in [0.4, 0.5) is 5.69 Å². The maximum Gasteiger partial charge on any atom is 0.244 e. The topological polar surface area (TPSA) is 96.0 Å². The van der Waals surface area contributed by atoms with Crippen LogP contribution in [0.3, 0.4) is 0 Å². The van der Waals surface area contributed by atoms with Crippen LogP contribution in [-0.4, -0.2) is 57.6 Å². The number of sulfonamides is 1. The highest BCUT2D eigenvalue weighted by Crippen LogP contribution is 2.20. The number of methoxy groups -OCH3 is 1. The monoisotopic (exact) mass is 461 g/mol. The van der Waals surface area contributed by atoms with E-state index in [9.17, 15) is 18.0 Å². The van der Waals surface area contributed by atoms with Gasteiger partial charge < -0.3 is 15.0 Å². The van der Waals surface area contributed by atoms with E-state index < -0.39 is 28.5 Å². The molecule has 1 atom stereocenters. The first-order valence-corrected chi connectivity index (χ1v) is 12.3. The van der Waals surface area contributed by atoms with Crippen LogP contribution in [0.1, 0.15) is 25.8 Å². The Kier molecular flexibility index (Phi) is 9.07. The van der Waals surface area contributed by atoms with Gasteiger partial charge in [-0.1, -0.05) is 37.3 Å². The summed E-state index contributed by atoms with van der Waals surface area (Å²) in [5.74, 6) is -0.125. The molecule has 0 heterocycles. The fourth-order valence-corrected chi connectivity index (χ4v) is 4.24. The molecule has 2 aromatic carbocycles. The molecule has 32 heavy (non-hydrogen) atoms. The van der Waals surface area contributed by atoms with E-state index in [0.717, 1.165) is 16.1 Å². The van der Waals surface area contributed by atoms with Crippen LogP contribution in [0.5, 0.6) is 5.75 Å². The van der Waals surface area contributed by atoms with Crippen molar-refractivity contribution in [1.29, 1.82) is 0 Å². The number of nitrogens with zero attached hydrogens (tertiary/aromatic N) is 2. The summed E-state index contributed by atoms with van der Waals surface area (Å²) in [5, 5.41) is 2.77. The number of hydrogen-bond acceptors (Lipinski definition) is 5. The number of benzene rings is 2. The third-order valence-electron chi connectivity index (χ3n) is 4.95. The van der Waals surface area contributed by atoms with E-state index in [-0.39, 0.29) is 12.5 Å². The van der Waals surface area contributed by atoms with Gasteiger partial charge in [0.2, 0.25) is 21.8 Å². The molecular weight excluding hydrogens is 430 g/mol. The number of para-hydroxylation sites is 1. The summed E-state index contributed by atoms with van der Waals surface area (Å²) in [6.07, 6.45) is 1.44. The summed E-state index contributed by atoms with van der Waals surface area (Å²) in [5.41, 5.74) is 1.15. The van der Waals surface area contributed by atoms with Crippen molar-refractivity contribution in [3.05, 3.63) is 60.2 Å². The fourth-order valence-electron chi connectivity index (χ4n) is 3.39. The van der Waals surface area contributed by atoms with E-state index in [1.54, 1.807) is 62.6 Å². The number of likely N-dealkylation sites (N-methyl/N-ethyl adjacent to an activating group) is 1. The van der Waals surface area contributed by atoms with Crippen molar-refractivity contribution < 1.29 is 22.7 Å². The Balaban J connectivity index is 2.41. The Morgan fingerprint density at radius 1 is 1.06 bits per heavy atom. The van der Waals surface area contributed by atoms with Crippen molar-refractivity contribution in [1.82, 2.24) is 10.2 Å². The molecule has 0 aromatic heterocycles. The Morgan fingerprint density at radius 3 is 2.31 bits per heavy atom. The number of carbonyl (C=O) groups excluding carboxylic acids is 2. The molecule has 174 valence electrons. The second-order valence-electron chi connectivity index (χ2n) is 7.30. The summed E-state index contributed by atoms with van der Waals surface area (Å²) >= 11 is 0. The molecule has 0 spiro atoms. The fraction of sp³-hybridized carbons (Fsp3) is 0.391. The minimum Gasteiger partial charge on any atom is -0.497 e. The van der Waals surface area contributed by atoms with Crippen molar-refractivity contribution in [3.63, 3.8) is 0 Å². The van der Waals surface area contributed by atoms with E-state index in [4.69, 9.17) is 4.74 Å². The summed E-state index contributed by atoms with van der Waals surface area (Å²) in [4.78, 5) is 27.6. The van der Waals surface area contributed by atoms with Crippen LogP contribution in [0.15, 0.2) is 54.6 Å². The first kappa shape index (κ1) is 25.2. The van der Waals surface area contributed by atoms with Gasteiger partial charge in [0.1, 0.15) is 18.3 Å². The van der Waals surface area contributed by atoms with Gasteiger partial charge in [0.05, 0.1) is 19.1 Å². The van der Waals surface area contributed by atoms with Crippen molar-refractivity contribution in [2.75, 3.05) is 30.8 Å². The molecule has 2 rings (SSSR count). The van der Waals surface area contributed by atoms with E-state index in [2.05, 4.69) is 5.32 Å². The molecule has 0 saturated carbocycles.